The second-order valence-electron chi connectivity index (χ2n) is 4.94. The first kappa shape index (κ1) is 17.8. The largest absolute Gasteiger partial charge is 0.355 e. The van der Waals surface area contributed by atoms with E-state index >= 15 is 0 Å². The van der Waals surface area contributed by atoms with Crippen LogP contribution in [-0.4, -0.2) is 26.6 Å². The van der Waals surface area contributed by atoms with E-state index in [2.05, 4.69) is 5.32 Å². The summed E-state index contributed by atoms with van der Waals surface area (Å²) in [5, 5.41) is 3.66. The van der Waals surface area contributed by atoms with Gasteiger partial charge in [0.25, 0.3) is 0 Å². The van der Waals surface area contributed by atoms with Crippen molar-refractivity contribution in [2.24, 2.45) is 0 Å². The average molecular weight is 372 g/mol. The van der Waals surface area contributed by atoms with Gasteiger partial charge in [0, 0.05) is 16.6 Å². The lowest BCUT2D eigenvalue weighted by Gasteiger charge is -2.07. The molecule has 0 atom stereocenters. The Hall–Kier alpha value is -1.56. The van der Waals surface area contributed by atoms with E-state index in [9.17, 15) is 13.2 Å². The smallest absolute Gasteiger partial charge is 0.235 e. The number of hydrogen-bond acceptors (Lipinski definition) is 3. The first-order chi connectivity index (χ1) is 10.9. The van der Waals surface area contributed by atoms with Gasteiger partial charge < -0.3 is 5.32 Å². The van der Waals surface area contributed by atoms with E-state index in [0.717, 1.165) is 5.56 Å². The normalized spacial score (nSPS) is 11.2. The van der Waals surface area contributed by atoms with Crippen LogP contribution in [0.2, 0.25) is 10.0 Å². The SMILES string of the molecule is O=C(CS(=O)(=O)c1ccc(Cl)cc1)NCCc1cccc(Cl)c1. The molecular formula is C16H15Cl2NO3S. The maximum atomic E-state index is 12.1. The standard InChI is InChI=1S/C16H15Cl2NO3S/c17-13-4-6-15(7-5-13)23(21,22)11-16(20)19-9-8-12-2-1-3-14(18)10-12/h1-7,10H,8-9,11H2,(H,19,20). The number of sulfone groups is 1. The number of amides is 1. The second-order valence-corrected chi connectivity index (χ2v) is 7.81. The van der Waals surface area contributed by atoms with Gasteiger partial charge in [0.05, 0.1) is 4.90 Å². The van der Waals surface area contributed by atoms with E-state index < -0.39 is 21.5 Å². The van der Waals surface area contributed by atoms with Gasteiger partial charge in [0.2, 0.25) is 5.91 Å². The molecule has 122 valence electrons. The van der Waals surface area contributed by atoms with Gasteiger partial charge in [-0.1, -0.05) is 35.3 Å². The molecule has 1 N–H and O–H groups in total. The van der Waals surface area contributed by atoms with Crippen LogP contribution in [0.1, 0.15) is 5.56 Å². The molecule has 1 amide bonds. The van der Waals surface area contributed by atoms with Crippen molar-refractivity contribution in [1.82, 2.24) is 5.32 Å². The van der Waals surface area contributed by atoms with Crippen molar-refractivity contribution < 1.29 is 13.2 Å². The first-order valence-electron chi connectivity index (χ1n) is 6.86. The molecule has 0 bridgehead atoms. The fourth-order valence-corrected chi connectivity index (χ4v) is 3.49. The Morgan fingerprint density at radius 3 is 2.35 bits per heavy atom. The minimum absolute atomic E-state index is 0.0758. The zero-order valence-electron chi connectivity index (χ0n) is 12.1. The molecule has 23 heavy (non-hydrogen) atoms. The Morgan fingerprint density at radius 1 is 1.00 bits per heavy atom. The zero-order chi connectivity index (χ0) is 16.9. The molecule has 0 aliphatic heterocycles. The van der Waals surface area contributed by atoms with Gasteiger partial charge in [-0.2, -0.15) is 0 Å². The average Bonchev–Trinajstić information content (AvgIpc) is 2.47. The van der Waals surface area contributed by atoms with Crippen molar-refractivity contribution in [3.63, 3.8) is 0 Å². The number of hydrogen-bond donors (Lipinski definition) is 1. The van der Waals surface area contributed by atoms with Crippen LogP contribution in [-0.2, 0) is 21.1 Å². The summed E-state index contributed by atoms with van der Waals surface area (Å²) in [6.45, 7) is 0.343. The van der Waals surface area contributed by atoms with Crippen LogP contribution in [0, 0.1) is 0 Å². The molecule has 0 unspecified atom stereocenters. The van der Waals surface area contributed by atoms with Crippen molar-refractivity contribution in [3.8, 4) is 0 Å². The fourth-order valence-electron chi connectivity index (χ4n) is 1.99. The van der Waals surface area contributed by atoms with Gasteiger partial charge in [-0.25, -0.2) is 8.42 Å². The summed E-state index contributed by atoms with van der Waals surface area (Å²) < 4.78 is 24.2. The Morgan fingerprint density at radius 2 is 1.70 bits per heavy atom. The summed E-state index contributed by atoms with van der Waals surface area (Å²) in [7, 11) is -3.67. The van der Waals surface area contributed by atoms with Crippen LogP contribution in [0.25, 0.3) is 0 Å². The van der Waals surface area contributed by atoms with Crippen LogP contribution in [0.5, 0.6) is 0 Å². The fraction of sp³-hybridized carbons (Fsp3) is 0.188. The number of rotatable bonds is 6. The Kier molecular flexibility index (Phi) is 6.04. The van der Waals surface area contributed by atoms with E-state index in [1.807, 2.05) is 12.1 Å². The summed E-state index contributed by atoms with van der Waals surface area (Å²) in [6, 6.07) is 13.0. The van der Waals surface area contributed by atoms with Gasteiger partial charge >= 0.3 is 0 Å². The second kappa shape index (κ2) is 7.81. The highest BCUT2D eigenvalue weighted by atomic mass is 35.5. The van der Waals surface area contributed by atoms with Crippen LogP contribution < -0.4 is 5.32 Å². The molecule has 0 saturated heterocycles. The molecule has 0 heterocycles. The lowest BCUT2D eigenvalue weighted by atomic mass is 10.1. The van der Waals surface area contributed by atoms with Gasteiger partial charge in [-0.05, 0) is 48.4 Å². The molecule has 0 aliphatic rings. The third-order valence-corrected chi connectivity index (χ3v) is 5.24. The summed E-state index contributed by atoms with van der Waals surface area (Å²) in [5.74, 6) is -1.13. The molecule has 0 aliphatic carbocycles. The molecule has 7 heteroatoms. The summed E-state index contributed by atoms with van der Waals surface area (Å²) in [6.07, 6.45) is 0.577. The van der Waals surface area contributed by atoms with Gasteiger partial charge in [-0.3, -0.25) is 4.79 Å². The number of benzene rings is 2. The molecular weight excluding hydrogens is 357 g/mol. The molecule has 0 saturated carbocycles. The summed E-state index contributed by atoms with van der Waals surface area (Å²) >= 11 is 11.6. The summed E-state index contributed by atoms with van der Waals surface area (Å²) in [5.41, 5.74) is 0.971. The van der Waals surface area contributed by atoms with Gasteiger partial charge in [0.1, 0.15) is 5.75 Å². The molecule has 0 spiro atoms. The Labute approximate surface area is 145 Å². The predicted octanol–water partition coefficient (Wildman–Crippen LogP) is 3.13. The van der Waals surface area contributed by atoms with Crippen molar-refractivity contribution in [2.75, 3.05) is 12.3 Å². The maximum absolute atomic E-state index is 12.1. The number of nitrogens with one attached hydrogen (secondary N) is 1. The van der Waals surface area contributed by atoms with Crippen molar-refractivity contribution >= 4 is 38.9 Å². The molecule has 4 nitrogen and oxygen atoms in total. The Bertz CT molecular complexity index is 789. The predicted molar refractivity (Wildman–Crippen MR) is 91.7 cm³/mol. The number of halogens is 2. The van der Waals surface area contributed by atoms with E-state index in [-0.39, 0.29) is 4.90 Å². The third kappa shape index (κ3) is 5.53. The van der Waals surface area contributed by atoms with Crippen LogP contribution in [0.3, 0.4) is 0 Å². The maximum Gasteiger partial charge on any atom is 0.235 e. The van der Waals surface area contributed by atoms with E-state index in [0.29, 0.717) is 23.0 Å². The van der Waals surface area contributed by atoms with Crippen LogP contribution >= 0.6 is 23.2 Å². The highest BCUT2D eigenvalue weighted by Gasteiger charge is 2.18. The van der Waals surface area contributed by atoms with Crippen molar-refractivity contribution in [1.29, 1.82) is 0 Å². The van der Waals surface area contributed by atoms with Gasteiger partial charge in [-0.15, -0.1) is 0 Å². The Balaban J connectivity index is 1.88. The van der Waals surface area contributed by atoms with Crippen LogP contribution in [0.15, 0.2) is 53.4 Å². The minimum Gasteiger partial charge on any atom is -0.355 e. The molecule has 0 fully saturated rings. The van der Waals surface area contributed by atoms with Crippen molar-refractivity contribution in [2.45, 2.75) is 11.3 Å². The highest BCUT2D eigenvalue weighted by molar-refractivity contribution is 7.92. The third-order valence-electron chi connectivity index (χ3n) is 3.12. The van der Waals surface area contributed by atoms with E-state index in [4.69, 9.17) is 23.2 Å². The zero-order valence-corrected chi connectivity index (χ0v) is 14.5. The quantitative estimate of drug-likeness (QED) is 0.848. The highest BCUT2D eigenvalue weighted by Crippen LogP contribution is 2.15. The summed E-state index contributed by atoms with van der Waals surface area (Å²) in [4.78, 5) is 11.9. The van der Waals surface area contributed by atoms with E-state index in [1.54, 1.807) is 12.1 Å². The monoisotopic (exact) mass is 371 g/mol. The number of carbonyl (C=O) groups is 1. The first-order valence-corrected chi connectivity index (χ1v) is 9.27. The molecule has 2 aromatic rings. The molecule has 0 aromatic heterocycles. The minimum atomic E-state index is -3.67. The molecule has 2 aromatic carbocycles. The number of carbonyl (C=O) groups excluding carboxylic acids is 1. The van der Waals surface area contributed by atoms with Crippen molar-refractivity contribution in [3.05, 3.63) is 64.1 Å². The molecule has 2 rings (SSSR count). The topological polar surface area (TPSA) is 63.2 Å². The van der Waals surface area contributed by atoms with E-state index in [1.165, 1.54) is 24.3 Å². The molecule has 0 radical (unpaired) electrons. The lowest BCUT2D eigenvalue weighted by Crippen LogP contribution is -2.31. The lowest BCUT2D eigenvalue weighted by molar-refractivity contribution is -0.118. The van der Waals surface area contributed by atoms with Gasteiger partial charge in [0.15, 0.2) is 9.84 Å². The van der Waals surface area contributed by atoms with Crippen LogP contribution in [0.4, 0.5) is 0 Å².